The lowest BCUT2D eigenvalue weighted by molar-refractivity contribution is 0.0628. The lowest BCUT2D eigenvalue weighted by Crippen LogP contribution is -2.42. The van der Waals surface area contributed by atoms with E-state index in [1.54, 1.807) is 17.0 Å². The van der Waals surface area contributed by atoms with Crippen molar-refractivity contribution in [1.82, 2.24) is 10.1 Å². The van der Waals surface area contributed by atoms with Crippen molar-refractivity contribution in [2.45, 2.75) is 51.6 Å². The molecule has 0 unspecified atom stereocenters. The number of Topliss-reactive ketones (excluding diaryl/α,β-unsaturated/α-hetero) is 1. The first-order chi connectivity index (χ1) is 13.5. The fraction of sp³-hybridized carbons (Fsp3) is 0.500. The Balaban J connectivity index is 1.44. The van der Waals surface area contributed by atoms with Crippen molar-refractivity contribution in [3.63, 3.8) is 0 Å². The first-order valence-corrected chi connectivity index (χ1v) is 10.1. The molecule has 0 spiro atoms. The minimum absolute atomic E-state index is 0.0520. The maximum atomic E-state index is 13.0. The van der Waals surface area contributed by atoms with Crippen molar-refractivity contribution in [1.29, 1.82) is 0 Å². The monoisotopic (exact) mass is 382 g/mol. The third kappa shape index (κ3) is 4.11. The van der Waals surface area contributed by atoms with Crippen LogP contribution in [0.5, 0.6) is 5.75 Å². The summed E-state index contributed by atoms with van der Waals surface area (Å²) in [5.41, 5.74) is 0.984. The molecule has 2 aromatic rings. The van der Waals surface area contributed by atoms with Gasteiger partial charge in [-0.05, 0) is 51.7 Å². The summed E-state index contributed by atoms with van der Waals surface area (Å²) in [4.78, 5) is 27.6. The minimum atomic E-state index is -0.207. The topological polar surface area (TPSA) is 72.6 Å². The van der Waals surface area contributed by atoms with E-state index in [0.717, 1.165) is 31.4 Å². The lowest BCUT2D eigenvalue weighted by atomic mass is 9.89. The molecule has 1 saturated carbocycles. The Morgan fingerprint density at radius 1 is 1.21 bits per heavy atom. The van der Waals surface area contributed by atoms with Crippen LogP contribution in [-0.2, 0) is 0 Å². The SMILES string of the molecule is CC(C)Oc1cccc(C(=O)[C@@H]2CCCN(C(=O)c3cc(C4CC4)on3)C2)c1. The van der Waals surface area contributed by atoms with Crippen molar-refractivity contribution in [2.24, 2.45) is 5.92 Å². The molecule has 1 amide bonds. The summed E-state index contributed by atoms with van der Waals surface area (Å²) in [6.45, 7) is 4.97. The summed E-state index contributed by atoms with van der Waals surface area (Å²) < 4.78 is 11.0. The Morgan fingerprint density at radius 3 is 2.79 bits per heavy atom. The van der Waals surface area contributed by atoms with Crippen molar-refractivity contribution in [3.8, 4) is 5.75 Å². The van der Waals surface area contributed by atoms with Crippen LogP contribution < -0.4 is 4.74 Å². The molecule has 4 rings (SSSR count). The molecule has 1 atom stereocenters. The number of carbonyl (C=O) groups excluding carboxylic acids is 2. The van der Waals surface area contributed by atoms with Gasteiger partial charge in [-0.25, -0.2) is 0 Å². The number of hydrogen-bond donors (Lipinski definition) is 0. The highest BCUT2D eigenvalue weighted by Gasteiger charge is 2.33. The smallest absolute Gasteiger partial charge is 0.276 e. The van der Waals surface area contributed by atoms with E-state index in [1.165, 1.54) is 0 Å². The zero-order chi connectivity index (χ0) is 19.7. The van der Waals surface area contributed by atoms with E-state index in [1.807, 2.05) is 32.0 Å². The van der Waals surface area contributed by atoms with Crippen molar-refractivity contribution >= 4 is 11.7 Å². The molecule has 0 radical (unpaired) electrons. The van der Waals surface area contributed by atoms with Crippen molar-refractivity contribution in [2.75, 3.05) is 13.1 Å². The van der Waals surface area contributed by atoms with Crippen LogP contribution in [0.2, 0.25) is 0 Å². The van der Waals surface area contributed by atoms with Gasteiger partial charge in [-0.15, -0.1) is 0 Å². The minimum Gasteiger partial charge on any atom is -0.491 e. The van der Waals surface area contributed by atoms with Crippen LogP contribution in [-0.4, -0.2) is 40.9 Å². The van der Waals surface area contributed by atoms with Crippen molar-refractivity contribution < 1.29 is 18.8 Å². The van der Waals surface area contributed by atoms with E-state index < -0.39 is 0 Å². The zero-order valence-electron chi connectivity index (χ0n) is 16.4. The molecule has 28 heavy (non-hydrogen) atoms. The molecule has 2 heterocycles. The first kappa shape index (κ1) is 18.7. The molecular formula is C22H26N2O4. The predicted octanol–water partition coefficient (Wildman–Crippen LogP) is 4.07. The van der Waals surface area contributed by atoms with E-state index >= 15 is 0 Å². The third-order valence-corrected chi connectivity index (χ3v) is 5.30. The standard InChI is InChI=1S/C22H26N2O4/c1-14(2)27-18-7-3-5-16(11-18)21(25)17-6-4-10-24(13-17)22(26)19-12-20(28-23-19)15-8-9-15/h3,5,7,11-12,14-15,17H,4,6,8-10,13H2,1-2H3/t17-/m1/s1. The molecule has 1 aliphatic heterocycles. The van der Waals surface area contributed by atoms with Crippen LogP contribution in [0.1, 0.15) is 72.1 Å². The molecule has 2 aliphatic rings. The Hall–Kier alpha value is -2.63. The van der Waals surface area contributed by atoms with Crippen LogP contribution in [0.4, 0.5) is 0 Å². The molecular weight excluding hydrogens is 356 g/mol. The van der Waals surface area contributed by atoms with Gasteiger partial charge in [-0.1, -0.05) is 17.3 Å². The van der Waals surface area contributed by atoms with Gasteiger partial charge in [-0.3, -0.25) is 9.59 Å². The second-order valence-electron chi connectivity index (χ2n) is 8.04. The zero-order valence-corrected chi connectivity index (χ0v) is 16.4. The summed E-state index contributed by atoms with van der Waals surface area (Å²) >= 11 is 0. The fourth-order valence-electron chi connectivity index (χ4n) is 3.72. The molecule has 6 heteroatoms. The predicted molar refractivity (Wildman–Crippen MR) is 104 cm³/mol. The molecule has 0 N–H and O–H groups in total. The number of likely N-dealkylation sites (tertiary alicyclic amines) is 1. The lowest BCUT2D eigenvalue weighted by Gasteiger charge is -2.31. The number of ketones is 1. The van der Waals surface area contributed by atoms with Crippen LogP contribution >= 0.6 is 0 Å². The molecule has 148 valence electrons. The van der Waals surface area contributed by atoms with Crippen molar-refractivity contribution in [3.05, 3.63) is 47.3 Å². The summed E-state index contributed by atoms with van der Waals surface area (Å²) in [7, 11) is 0. The number of ether oxygens (including phenoxy) is 1. The largest absolute Gasteiger partial charge is 0.491 e. The molecule has 1 aromatic heterocycles. The fourth-order valence-corrected chi connectivity index (χ4v) is 3.72. The molecule has 2 fully saturated rings. The van der Waals surface area contributed by atoms with E-state index in [-0.39, 0.29) is 23.7 Å². The summed E-state index contributed by atoms with van der Waals surface area (Å²) in [6.07, 6.45) is 3.84. The highest BCUT2D eigenvalue weighted by atomic mass is 16.5. The number of rotatable bonds is 6. The van der Waals surface area contributed by atoms with Gasteiger partial charge in [0.1, 0.15) is 11.5 Å². The Kier molecular flexibility index (Phi) is 5.20. The number of nitrogens with zero attached hydrogens (tertiary/aromatic N) is 2. The number of benzene rings is 1. The molecule has 1 aromatic carbocycles. The summed E-state index contributed by atoms with van der Waals surface area (Å²) in [6, 6.07) is 9.07. The van der Waals surface area contributed by atoms with Gasteiger partial charge >= 0.3 is 0 Å². The van der Waals surface area contributed by atoms with Gasteiger partial charge < -0.3 is 14.2 Å². The molecule has 6 nitrogen and oxygen atoms in total. The number of piperidine rings is 1. The quantitative estimate of drug-likeness (QED) is 0.704. The second-order valence-corrected chi connectivity index (χ2v) is 8.04. The highest BCUT2D eigenvalue weighted by Crippen LogP contribution is 2.40. The normalized spacial score (nSPS) is 19.7. The highest BCUT2D eigenvalue weighted by molar-refractivity contribution is 5.99. The number of carbonyl (C=O) groups is 2. The molecule has 1 saturated heterocycles. The Bertz CT molecular complexity index is 869. The van der Waals surface area contributed by atoms with Gasteiger partial charge in [0.05, 0.1) is 6.10 Å². The average Bonchev–Trinajstić information content (AvgIpc) is 3.43. The van der Waals surface area contributed by atoms with Gasteiger partial charge in [0, 0.05) is 36.6 Å². The third-order valence-electron chi connectivity index (χ3n) is 5.30. The molecule has 0 bridgehead atoms. The second kappa shape index (κ2) is 7.78. The van der Waals surface area contributed by atoms with Crippen LogP contribution in [0.25, 0.3) is 0 Å². The van der Waals surface area contributed by atoms with Gasteiger partial charge in [0.15, 0.2) is 11.5 Å². The number of amides is 1. The molecule has 1 aliphatic carbocycles. The maximum Gasteiger partial charge on any atom is 0.276 e. The summed E-state index contributed by atoms with van der Waals surface area (Å²) in [5, 5.41) is 3.95. The van der Waals surface area contributed by atoms with Gasteiger partial charge in [-0.2, -0.15) is 0 Å². The Morgan fingerprint density at radius 2 is 2.04 bits per heavy atom. The van der Waals surface area contributed by atoms with Gasteiger partial charge in [0.2, 0.25) is 0 Å². The summed E-state index contributed by atoms with van der Waals surface area (Å²) in [5.74, 6) is 1.62. The van der Waals surface area contributed by atoms with E-state index in [9.17, 15) is 9.59 Å². The van der Waals surface area contributed by atoms with Crippen LogP contribution in [0.3, 0.4) is 0 Å². The Labute approximate surface area is 164 Å². The maximum absolute atomic E-state index is 13.0. The van der Waals surface area contributed by atoms with Crippen LogP contribution in [0, 0.1) is 5.92 Å². The van der Waals surface area contributed by atoms with E-state index in [4.69, 9.17) is 9.26 Å². The van der Waals surface area contributed by atoms with E-state index in [0.29, 0.717) is 36.0 Å². The number of aromatic nitrogens is 1. The first-order valence-electron chi connectivity index (χ1n) is 10.1. The average molecular weight is 382 g/mol. The number of hydrogen-bond acceptors (Lipinski definition) is 5. The van der Waals surface area contributed by atoms with E-state index in [2.05, 4.69) is 5.16 Å². The van der Waals surface area contributed by atoms with Gasteiger partial charge in [0.25, 0.3) is 5.91 Å². The van der Waals surface area contributed by atoms with Crippen LogP contribution in [0.15, 0.2) is 34.9 Å².